The van der Waals surface area contributed by atoms with E-state index in [0.29, 0.717) is 0 Å². The Morgan fingerprint density at radius 1 is 0.559 bits per heavy atom. The number of nitrogens with zero attached hydrogens (tertiary/aromatic N) is 1. The fraction of sp³-hybridized carbons (Fsp3) is 0. The van der Waals surface area contributed by atoms with Gasteiger partial charge in [-0.2, -0.15) is 0 Å². The molecule has 0 atom stereocenters. The van der Waals surface area contributed by atoms with Gasteiger partial charge in [0.15, 0.2) is 0 Å². The zero-order valence-electron chi connectivity index (χ0n) is 22.9. The number of hydrogen-bond donors (Lipinski definition) is 0. The SMILES string of the molecule is [2H]c1c([2H])c([2H])c(-n2c3c4ccccc4ccc3c3c4ccccc4c4c5ccccc5sc4c32)c([2H])c1[2H]. The summed E-state index contributed by atoms with van der Waals surface area (Å²) in [6.07, 6.45) is 0. The standard InChI is InChI=1S/C32H19NS/c1-2-11-21(12-3-1)33-30-22-13-5-4-10-20(22)18-19-26(30)28-23-14-6-7-15-24(23)29-25-16-8-9-17-27(25)34-32(29)31(28)33/h1-19H/i1D,2D,3D,11D,12D. The highest BCUT2D eigenvalue weighted by molar-refractivity contribution is 7.27. The molecule has 8 aromatic rings. The predicted octanol–water partition coefficient (Wildman–Crippen LogP) is 9.46. The molecule has 0 aliphatic rings. The summed E-state index contributed by atoms with van der Waals surface area (Å²) in [6.45, 7) is 0. The lowest BCUT2D eigenvalue weighted by molar-refractivity contribution is 1.19. The van der Waals surface area contributed by atoms with Crippen LogP contribution in [0, 0.1) is 0 Å². The molecule has 0 fully saturated rings. The second-order valence-corrected chi connectivity index (χ2v) is 9.62. The van der Waals surface area contributed by atoms with Crippen LogP contribution in [-0.2, 0) is 0 Å². The molecule has 0 aliphatic heterocycles. The Labute approximate surface area is 207 Å². The van der Waals surface area contributed by atoms with Crippen molar-refractivity contribution in [1.82, 2.24) is 4.57 Å². The number of para-hydroxylation sites is 1. The lowest BCUT2D eigenvalue weighted by Crippen LogP contribution is -1.94. The molecule has 0 radical (unpaired) electrons. The second kappa shape index (κ2) is 6.69. The summed E-state index contributed by atoms with van der Waals surface area (Å²) in [4.78, 5) is 0. The van der Waals surface area contributed by atoms with Crippen molar-refractivity contribution >= 4 is 74.9 Å². The third kappa shape index (κ3) is 2.28. The molecule has 1 nitrogen and oxygen atoms in total. The number of rotatable bonds is 1. The van der Waals surface area contributed by atoms with Gasteiger partial charge in [0, 0.05) is 37.3 Å². The van der Waals surface area contributed by atoms with Gasteiger partial charge in [-0.15, -0.1) is 11.3 Å². The molecule has 0 N–H and O–H groups in total. The quantitative estimate of drug-likeness (QED) is 0.233. The minimum atomic E-state index is -0.392. The average molecular weight is 455 g/mol. The van der Waals surface area contributed by atoms with Crippen molar-refractivity contribution in [2.75, 3.05) is 0 Å². The average Bonchev–Trinajstić information content (AvgIpc) is 3.52. The Hall–Kier alpha value is -4.14. The second-order valence-electron chi connectivity index (χ2n) is 8.56. The van der Waals surface area contributed by atoms with Crippen LogP contribution in [0.25, 0.3) is 69.2 Å². The highest BCUT2D eigenvalue weighted by atomic mass is 32.1. The van der Waals surface area contributed by atoms with Crippen molar-refractivity contribution in [3.63, 3.8) is 0 Å². The van der Waals surface area contributed by atoms with Crippen LogP contribution >= 0.6 is 11.3 Å². The molecule has 158 valence electrons. The topological polar surface area (TPSA) is 4.93 Å². The fourth-order valence-electron chi connectivity index (χ4n) is 5.51. The third-order valence-corrected chi connectivity index (χ3v) is 8.02. The lowest BCUT2D eigenvalue weighted by Gasteiger charge is -2.11. The summed E-state index contributed by atoms with van der Waals surface area (Å²) in [7, 11) is 0. The van der Waals surface area contributed by atoms with E-state index in [1.54, 1.807) is 11.3 Å². The van der Waals surface area contributed by atoms with Crippen molar-refractivity contribution in [2.24, 2.45) is 0 Å². The van der Waals surface area contributed by atoms with Crippen LogP contribution in [0.15, 0.2) is 115 Å². The molecule has 0 spiro atoms. The van der Waals surface area contributed by atoms with Crippen molar-refractivity contribution in [3.8, 4) is 5.69 Å². The number of hydrogen-bond acceptors (Lipinski definition) is 1. The highest BCUT2D eigenvalue weighted by Gasteiger charge is 2.22. The largest absolute Gasteiger partial charge is 0.307 e. The molecule has 2 heterocycles. The van der Waals surface area contributed by atoms with Gasteiger partial charge in [-0.25, -0.2) is 0 Å². The predicted molar refractivity (Wildman–Crippen MR) is 149 cm³/mol. The van der Waals surface area contributed by atoms with Crippen LogP contribution in [0.5, 0.6) is 0 Å². The summed E-state index contributed by atoms with van der Waals surface area (Å²) < 4.78 is 47.2. The first kappa shape index (κ1) is 14.2. The molecule has 2 heteroatoms. The van der Waals surface area contributed by atoms with Crippen molar-refractivity contribution < 1.29 is 6.85 Å². The number of thiophene rings is 1. The summed E-state index contributed by atoms with van der Waals surface area (Å²) in [6, 6.07) is 27.5. The summed E-state index contributed by atoms with van der Waals surface area (Å²) in [5, 5.41) is 8.51. The first-order valence-corrected chi connectivity index (χ1v) is 12.0. The van der Waals surface area contributed by atoms with E-state index in [9.17, 15) is 0 Å². The summed E-state index contributed by atoms with van der Waals surface area (Å²) in [5.74, 6) is 0. The van der Waals surface area contributed by atoms with Crippen molar-refractivity contribution in [2.45, 2.75) is 0 Å². The summed E-state index contributed by atoms with van der Waals surface area (Å²) in [5.41, 5.74) is 1.89. The van der Waals surface area contributed by atoms with Crippen LogP contribution in [-0.4, -0.2) is 4.57 Å². The van der Waals surface area contributed by atoms with Crippen LogP contribution < -0.4 is 0 Å². The zero-order valence-corrected chi connectivity index (χ0v) is 18.8. The molecular weight excluding hydrogens is 430 g/mol. The van der Waals surface area contributed by atoms with Crippen molar-refractivity contribution in [3.05, 3.63) is 115 Å². The maximum absolute atomic E-state index is 8.96. The van der Waals surface area contributed by atoms with E-state index in [2.05, 4.69) is 42.5 Å². The molecule has 0 saturated carbocycles. The number of fused-ring (bicyclic) bond motifs is 12. The van der Waals surface area contributed by atoms with Gasteiger partial charge < -0.3 is 4.57 Å². The van der Waals surface area contributed by atoms with Crippen LogP contribution in [0.1, 0.15) is 6.85 Å². The highest BCUT2D eigenvalue weighted by Crippen LogP contribution is 2.48. The Morgan fingerprint density at radius 3 is 2.06 bits per heavy atom. The van der Waals surface area contributed by atoms with Gasteiger partial charge in [0.25, 0.3) is 0 Å². The molecule has 0 bridgehead atoms. The minimum absolute atomic E-state index is 0.173. The zero-order chi connectivity index (χ0) is 26.6. The maximum Gasteiger partial charge on any atom is 0.0726 e. The third-order valence-electron chi connectivity index (χ3n) is 6.84. The van der Waals surface area contributed by atoms with Gasteiger partial charge in [0.05, 0.1) is 22.6 Å². The van der Waals surface area contributed by atoms with E-state index < -0.39 is 6.04 Å². The molecule has 6 aromatic carbocycles. The molecule has 2 aromatic heterocycles. The Bertz CT molecular complexity index is 2320. The molecular formula is C32H19NS. The normalized spacial score (nSPS) is 14.2. The van der Waals surface area contributed by atoms with E-state index in [1.807, 2.05) is 47.0 Å². The maximum atomic E-state index is 8.96. The molecule has 0 unspecified atom stereocenters. The van der Waals surface area contributed by atoms with Gasteiger partial charge in [0.2, 0.25) is 0 Å². The van der Waals surface area contributed by atoms with E-state index in [4.69, 9.17) is 6.85 Å². The molecule has 0 amide bonds. The Kier molecular flexibility index (Phi) is 2.79. The smallest absolute Gasteiger partial charge is 0.0726 e. The number of benzene rings is 6. The molecule has 0 aliphatic carbocycles. The van der Waals surface area contributed by atoms with Crippen molar-refractivity contribution in [1.29, 1.82) is 0 Å². The van der Waals surface area contributed by atoms with E-state index in [1.165, 1.54) is 0 Å². The van der Waals surface area contributed by atoms with Gasteiger partial charge in [0.1, 0.15) is 0 Å². The van der Waals surface area contributed by atoms with Gasteiger partial charge in [-0.05, 0) is 34.3 Å². The van der Waals surface area contributed by atoms with Crippen LogP contribution in [0.2, 0.25) is 0 Å². The van der Waals surface area contributed by atoms with E-state index in [0.717, 1.165) is 63.5 Å². The Morgan fingerprint density at radius 2 is 1.24 bits per heavy atom. The molecule has 8 rings (SSSR count). The van der Waals surface area contributed by atoms with Gasteiger partial charge in [-0.3, -0.25) is 0 Å². The van der Waals surface area contributed by atoms with Crippen LogP contribution in [0.3, 0.4) is 0 Å². The molecule has 0 saturated heterocycles. The summed E-state index contributed by atoms with van der Waals surface area (Å²) >= 11 is 1.68. The monoisotopic (exact) mass is 454 g/mol. The van der Waals surface area contributed by atoms with E-state index >= 15 is 0 Å². The van der Waals surface area contributed by atoms with Crippen LogP contribution in [0.4, 0.5) is 0 Å². The number of aromatic nitrogens is 1. The minimum Gasteiger partial charge on any atom is -0.307 e. The van der Waals surface area contributed by atoms with Gasteiger partial charge in [-0.1, -0.05) is 97.0 Å². The first-order valence-electron chi connectivity index (χ1n) is 13.7. The Balaban J connectivity index is 1.79. The fourth-order valence-corrected chi connectivity index (χ4v) is 6.77. The lowest BCUT2D eigenvalue weighted by atomic mass is 9.98. The first-order chi connectivity index (χ1) is 19.0. The molecule has 34 heavy (non-hydrogen) atoms. The van der Waals surface area contributed by atoms with Gasteiger partial charge >= 0.3 is 0 Å². The van der Waals surface area contributed by atoms with E-state index in [-0.39, 0.29) is 29.9 Å².